The first-order valence-corrected chi connectivity index (χ1v) is 13.0. The molecule has 0 saturated carbocycles. The molecule has 2 N–H and O–H groups in total. The zero-order valence-corrected chi connectivity index (χ0v) is 21.3. The number of rotatable bonds is 11. The number of piperidine rings is 1. The van der Waals surface area contributed by atoms with Gasteiger partial charge in [0.2, 0.25) is 0 Å². The summed E-state index contributed by atoms with van der Waals surface area (Å²) in [5, 5.41) is 7.56. The van der Waals surface area contributed by atoms with E-state index < -0.39 is 0 Å². The first-order chi connectivity index (χ1) is 15.2. The third kappa shape index (κ3) is 8.28. The molecule has 1 saturated heterocycles. The van der Waals surface area contributed by atoms with Crippen molar-refractivity contribution in [3.63, 3.8) is 0 Å². The molecule has 2 aromatic rings. The van der Waals surface area contributed by atoms with E-state index in [0.717, 1.165) is 19.3 Å². The number of hydrogen-bond acceptors (Lipinski definition) is 2. The van der Waals surface area contributed by atoms with Crippen molar-refractivity contribution in [2.75, 3.05) is 5.32 Å². The third-order valence-electron chi connectivity index (χ3n) is 6.77. The van der Waals surface area contributed by atoms with Crippen LogP contribution in [0, 0.1) is 0 Å². The van der Waals surface area contributed by atoms with Crippen molar-refractivity contribution in [2.45, 2.75) is 116 Å². The highest BCUT2D eigenvalue weighted by Crippen LogP contribution is 2.30. The smallest absolute Gasteiger partial charge is 0.0342 e. The molecule has 0 amide bonds. The van der Waals surface area contributed by atoms with Gasteiger partial charge in [0.05, 0.1) is 0 Å². The molecule has 0 atom stereocenters. The molecule has 1 fully saturated rings. The van der Waals surface area contributed by atoms with Gasteiger partial charge in [0.1, 0.15) is 0 Å². The molecule has 0 aliphatic carbocycles. The minimum Gasteiger partial charge on any atom is -0.382 e. The second kappa shape index (κ2) is 11.4. The molecule has 0 unspecified atom stereocenters. The fraction of sp³-hybridized carbons (Fsp3) is 0.600. The number of benzene rings is 2. The molecule has 0 spiro atoms. The van der Waals surface area contributed by atoms with E-state index in [9.17, 15) is 0 Å². The largest absolute Gasteiger partial charge is 0.382 e. The standard InChI is InChI=1S/C30H46N2/c1-6-7-8-9-10-11-12-24-13-15-25(16-14-24)21-26-17-19-27(20-18-26)31-28-22-29(2,3)32-30(4,5)23-28/h13-20,28,31-32H,6-12,21-23H2,1-5H3. The Bertz CT molecular complexity index is 786. The van der Waals surface area contributed by atoms with Crippen molar-refractivity contribution in [3.05, 3.63) is 65.2 Å². The van der Waals surface area contributed by atoms with Crippen LogP contribution < -0.4 is 10.6 Å². The Morgan fingerprint density at radius 2 is 1.22 bits per heavy atom. The molecule has 176 valence electrons. The molecule has 32 heavy (non-hydrogen) atoms. The molecule has 2 heteroatoms. The molecule has 3 rings (SSSR count). The Balaban J connectivity index is 1.46. The van der Waals surface area contributed by atoms with Crippen LogP contribution in [0.15, 0.2) is 48.5 Å². The average Bonchev–Trinajstić information content (AvgIpc) is 2.71. The second-order valence-corrected chi connectivity index (χ2v) is 11.4. The minimum atomic E-state index is 0.167. The van der Waals surface area contributed by atoms with E-state index in [4.69, 9.17) is 0 Å². The Kier molecular flexibility index (Phi) is 8.82. The summed E-state index contributed by atoms with van der Waals surface area (Å²) in [6, 6.07) is 18.9. The lowest BCUT2D eigenvalue weighted by Gasteiger charge is -2.47. The number of anilines is 1. The highest BCUT2D eigenvalue weighted by Gasteiger charge is 2.37. The highest BCUT2D eigenvalue weighted by atomic mass is 15.1. The first kappa shape index (κ1) is 24.8. The van der Waals surface area contributed by atoms with Crippen molar-refractivity contribution in [3.8, 4) is 0 Å². The van der Waals surface area contributed by atoms with Crippen LogP contribution in [-0.2, 0) is 12.8 Å². The molecule has 0 radical (unpaired) electrons. The molecule has 2 aromatic carbocycles. The summed E-state index contributed by atoms with van der Waals surface area (Å²) in [5.41, 5.74) is 5.84. The lowest BCUT2D eigenvalue weighted by atomic mass is 9.79. The van der Waals surface area contributed by atoms with Gasteiger partial charge in [0.25, 0.3) is 0 Å². The van der Waals surface area contributed by atoms with Crippen molar-refractivity contribution in [2.24, 2.45) is 0 Å². The lowest BCUT2D eigenvalue weighted by molar-refractivity contribution is 0.170. The van der Waals surface area contributed by atoms with Gasteiger partial charge in [-0.3, -0.25) is 0 Å². The molecular formula is C30H46N2. The maximum Gasteiger partial charge on any atom is 0.0342 e. The van der Waals surface area contributed by atoms with Gasteiger partial charge in [-0.25, -0.2) is 0 Å². The van der Waals surface area contributed by atoms with Crippen molar-refractivity contribution >= 4 is 5.69 Å². The number of nitrogens with one attached hydrogen (secondary N) is 2. The van der Waals surface area contributed by atoms with Gasteiger partial charge in [0, 0.05) is 22.8 Å². The predicted molar refractivity (Wildman–Crippen MR) is 141 cm³/mol. The summed E-state index contributed by atoms with van der Waals surface area (Å²) in [6.07, 6.45) is 12.7. The fourth-order valence-electron chi connectivity index (χ4n) is 5.55. The predicted octanol–water partition coefficient (Wildman–Crippen LogP) is 7.90. The zero-order chi connectivity index (χ0) is 23.0. The van der Waals surface area contributed by atoms with Gasteiger partial charge in [-0.15, -0.1) is 0 Å². The summed E-state index contributed by atoms with van der Waals surface area (Å²) in [6.45, 7) is 11.5. The average molecular weight is 435 g/mol. The summed E-state index contributed by atoms with van der Waals surface area (Å²) in [4.78, 5) is 0. The summed E-state index contributed by atoms with van der Waals surface area (Å²) < 4.78 is 0. The van der Waals surface area contributed by atoms with Gasteiger partial charge >= 0.3 is 0 Å². The summed E-state index contributed by atoms with van der Waals surface area (Å²) in [5.74, 6) is 0. The van der Waals surface area contributed by atoms with Gasteiger partial charge in [-0.1, -0.05) is 75.4 Å². The van der Waals surface area contributed by atoms with Gasteiger partial charge < -0.3 is 10.6 Å². The van der Waals surface area contributed by atoms with Crippen LogP contribution in [-0.4, -0.2) is 17.1 Å². The van der Waals surface area contributed by atoms with E-state index in [2.05, 4.69) is 93.8 Å². The maximum absolute atomic E-state index is 3.79. The molecular weight excluding hydrogens is 388 g/mol. The number of unbranched alkanes of at least 4 members (excludes halogenated alkanes) is 5. The number of aryl methyl sites for hydroxylation is 1. The number of hydrogen-bond donors (Lipinski definition) is 2. The van der Waals surface area contributed by atoms with E-state index in [-0.39, 0.29) is 11.1 Å². The molecule has 0 bridgehead atoms. The Hall–Kier alpha value is -1.80. The Morgan fingerprint density at radius 3 is 1.81 bits per heavy atom. The lowest BCUT2D eigenvalue weighted by Crippen LogP contribution is -2.60. The minimum absolute atomic E-state index is 0.167. The quantitative estimate of drug-likeness (QED) is 0.351. The normalized spacial score (nSPS) is 17.9. The van der Waals surface area contributed by atoms with E-state index in [1.54, 1.807) is 0 Å². The van der Waals surface area contributed by atoms with Crippen LogP contribution in [0.3, 0.4) is 0 Å². The van der Waals surface area contributed by atoms with E-state index in [0.29, 0.717) is 6.04 Å². The van der Waals surface area contributed by atoms with E-state index in [1.807, 2.05) is 0 Å². The van der Waals surface area contributed by atoms with E-state index in [1.165, 1.54) is 67.3 Å². The van der Waals surface area contributed by atoms with Crippen LogP contribution in [0.5, 0.6) is 0 Å². The molecule has 2 nitrogen and oxygen atoms in total. The second-order valence-electron chi connectivity index (χ2n) is 11.4. The molecule has 1 aliphatic heterocycles. The van der Waals surface area contributed by atoms with Gasteiger partial charge in [0.15, 0.2) is 0 Å². The van der Waals surface area contributed by atoms with Gasteiger partial charge in [-0.2, -0.15) is 0 Å². The highest BCUT2D eigenvalue weighted by molar-refractivity contribution is 5.46. The molecule has 1 heterocycles. The van der Waals surface area contributed by atoms with Crippen LogP contribution in [0.2, 0.25) is 0 Å². The van der Waals surface area contributed by atoms with Crippen molar-refractivity contribution in [1.29, 1.82) is 0 Å². The van der Waals surface area contributed by atoms with Crippen LogP contribution in [0.25, 0.3) is 0 Å². The van der Waals surface area contributed by atoms with Crippen LogP contribution >= 0.6 is 0 Å². The first-order valence-electron chi connectivity index (χ1n) is 13.0. The van der Waals surface area contributed by atoms with Crippen LogP contribution in [0.1, 0.15) is 103 Å². The summed E-state index contributed by atoms with van der Waals surface area (Å²) >= 11 is 0. The Morgan fingerprint density at radius 1 is 0.719 bits per heavy atom. The topological polar surface area (TPSA) is 24.1 Å². The van der Waals surface area contributed by atoms with Crippen molar-refractivity contribution in [1.82, 2.24) is 5.32 Å². The Labute approximate surface area is 197 Å². The molecule has 1 aliphatic rings. The van der Waals surface area contributed by atoms with Gasteiger partial charge in [-0.05, 0) is 88.6 Å². The monoisotopic (exact) mass is 434 g/mol. The fourth-order valence-corrected chi connectivity index (χ4v) is 5.55. The third-order valence-corrected chi connectivity index (χ3v) is 6.77. The summed E-state index contributed by atoms with van der Waals surface area (Å²) in [7, 11) is 0. The molecule has 0 aromatic heterocycles. The zero-order valence-electron chi connectivity index (χ0n) is 21.3. The van der Waals surface area contributed by atoms with Crippen molar-refractivity contribution < 1.29 is 0 Å². The SMILES string of the molecule is CCCCCCCCc1ccc(Cc2ccc(NC3CC(C)(C)NC(C)(C)C3)cc2)cc1. The van der Waals surface area contributed by atoms with Crippen LogP contribution in [0.4, 0.5) is 5.69 Å². The maximum atomic E-state index is 3.79. The van der Waals surface area contributed by atoms with E-state index >= 15 is 0 Å².